The van der Waals surface area contributed by atoms with E-state index < -0.39 is 4.92 Å². The average molecular weight is 402 g/mol. The van der Waals surface area contributed by atoms with Crippen molar-refractivity contribution in [2.24, 2.45) is 0 Å². The van der Waals surface area contributed by atoms with Crippen LogP contribution in [-0.2, 0) is 11.3 Å². The molecule has 0 bridgehead atoms. The van der Waals surface area contributed by atoms with Crippen molar-refractivity contribution in [3.8, 4) is 5.75 Å². The molecule has 3 aromatic rings. The number of nitro benzene ring substituents is 1. The Bertz CT molecular complexity index is 1060. The zero-order valence-corrected chi connectivity index (χ0v) is 16.6. The Hall–Kier alpha value is -3.93. The van der Waals surface area contributed by atoms with E-state index in [1.165, 1.54) is 12.1 Å². The van der Waals surface area contributed by atoms with Crippen molar-refractivity contribution < 1.29 is 14.5 Å². The SMILES string of the molecule is CCOc1cccc(CNC(=O)/C(=C/c2cccc([N+](=O)[O-])c2)c2ccccc2)c1. The molecular formula is C24H22N2O4. The third-order valence-corrected chi connectivity index (χ3v) is 4.38. The smallest absolute Gasteiger partial charge is 0.270 e. The van der Waals surface area contributed by atoms with E-state index in [0.717, 1.165) is 16.9 Å². The lowest BCUT2D eigenvalue weighted by molar-refractivity contribution is -0.384. The maximum Gasteiger partial charge on any atom is 0.270 e. The van der Waals surface area contributed by atoms with Gasteiger partial charge in [0.2, 0.25) is 0 Å². The second kappa shape index (κ2) is 10.0. The molecule has 0 aromatic heterocycles. The molecular weight excluding hydrogens is 380 g/mol. The molecule has 6 heteroatoms. The zero-order valence-electron chi connectivity index (χ0n) is 16.6. The maximum atomic E-state index is 13.0. The predicted octanol–water partition coefficient (Wildman–Crippen LogP) is 4.85. The number of nitrogens with zero attached hydrogens (tertiary/aromatic N) is 1. The molecule has 0 aliphatic carbocycles. The van der Waals surface area contributed by atoms with E-state index in [1.54, 1.807) is 18.2 Å². The highest BCUT2D eigenvalue weighted by Gasteiger charge is 2.13. The first-order valence-corrected chi connectivity index (χ1v) is 9.58. The van der Waals surface area contributed by atoms with E-state index in [0.29, 0.717) is 24.3 Å². The van der Waals surface area contributed by atoms with Crippen LogP contribution in [0.15, 0.2) is 78.9 Å². The van der Waals surface area contributed by atoms with E-state index >= 15 is 0 Å². The van der Waals surface area contributed by atoms with E-state index in [-0.39, 0.29) is 11.6 Å². The molecule has 0 fully saturated rings. The standard InChI is InChI=1S/C24H22N2O4/c1-2-30-22-13-7-9-19(15-22)17-25-24(27)23(20-10-4-3-5-11-20)16-18-8-6-12-21(14-18)26(28)29/h3-16H,2,17H2,1H3,(H,25,27)/b23-16+. The summed E-state index contributed by atoms with van der Waals surface area (Å²) in [6.07, 6.45) is 1.66. The van der Waals surface area contributed by atoms with Crippen LogP contribution in [0.2, 0.25) is 0 Å². The van der Waals surface area contributed by atoms with Gasteiger partial charge < -0.3 is 10.1 Å². The van der Waals surface area contributed by atoms with Gasteiger partial charge in [-0.25, -0.2) is 0 Å². The van der Waals surface area contributed by atoms with Gasteiger partial charge in [-0.05, 0) is 41.8 Å². The van der Waals surface area contributed by atoms with E-state index in [9.17, 15) is 14.9 Å². The number of carbonyl (C=O) groups excluding carboxylic acids is 1. The van der Waals surface area contributed by atoms with Crippen molar-refractivity contribution in [2.75, 3.05) is 6.61 Å². The largest absolute Gasteiger partial charge is 0.494 e. The predicted molar refractivity (Wildman–Crippen MR) is 117 cm³/mol. The monoisotopic (exact) mass is 402 g/mol. The summed E-state index contributed by atoms with van der Waals surface area (Å²) in [5.74, 6) is 0.481. The summed E-state index contributed by atoms with van der Waals surface area (Å²) in [5.41, 5.74) is 2.62. The van der Waals surface area contributed by atoms with Gasteiger partial charge in [0.1, 0.15) is 5.75 Å². The lowest BCUT2D eigenvalue weighted by Crippen LogP contribution is -2.23. The summed E-state index contributed by atoms with van der Waals surface area (Å²) >= 11 is 0. The Morgan fingerprint density at radius 2 is 1.80 bits per heavy atom. The summed E-state index contributed by atoms with van der Waals surface area (Å²) in [6.45, 7) is 2.82. The number of amides is 1. The fraction of sp³-hybridized carbons (Fsp3) is 0.125. The molecule has 0 heterocycles. The molecule has 0 radical (unpaired) electrons. The number of rotatable bonds is 8. The number of nitro groups is 1. The van der Waals surface area contributed by atoms with Crippen molar-refractivity contribution >= 4 is 23.2 Å². The number of hydrogen-bond donors (Lipinski definition) is 1. The summed E-state index contributed by atoms with van der Waals surface area (Å²) in [7, 11) is 0. The first kappa shape index (κ1) is 20.8. The fourth-order valence-electron chi connectivity index (χ4n) is 2.98. The molecule has 3 rings (SSSR count). The normalized spacial score (nSPS) is 11.0. The van der Waals surface area contributed by atoms with E-state index in [4.69, 9.17) is 4.74 Å². The molecule has 1 N–H and O–H groups in total. The van der Waals surface area contributed by atoms with Crippen molar-refractivity contribution in [1.29, 1.82) is 0 Å². The van der Waals surface area contributed by atoms with E-state index in [2.05, 4.69) is 5.32 Å². The summed E-state index contributed by atoms with van der Waals surface area (Å²) in [4.78, 5) is 23.6. The molecule has 0 aliphatic rings. The minimum absolute atomic E-state index is 0.0238. The molecule has 1 amide bonds. The first-order valence-electron chi connectivity index (χ1n) is 9.58. The zero-order chi connectivity index (χ0) is 21.3. The Labute approximate surface area is 175 Å². The molecule has 0 saturated carbocycles. The molecule has 0 aliphatic heterocycles. The van der Waals surface area contributed by atoms with Crippen molar-refractivity contribution in [1.82, 2.24) is 5.32 Å². The second-order valence-electron chi connectivity index (χ2n) is 6.54. The summed E-state index contributed by atoms with van der Waals surface area (Å²) < 4.78 is 5.50. The van der Waals surface area contributed by atoms with Gasteiger partial charge in [-0.2, -0.15) is 0 Å². The number of carbonyl (C=O) groups is 1. The van der Waals surface area contributed by atoms with Crippen LogP contribution in [-0.4, -0.2) is 17.4 Å². The van der Waals surface area contributed by atoms with Crippen LogP contribution >= 0.6 is 0 Å². The molecule has 0 atom stereocenters. The molecule has 0 saturated heterocycles. The van der Waals surface area contributed by atoms with Crippen molar-refractivity contribution in [3.63, 3.8) is 0 Å². The van der Waals surface area contributed by atoms with Crippen LogP contribution < -0.4 is 10.1 Å². The first-order chi connectivity index (χ1) is 14.6. The Balaban J connectivity index is 1.86. The van der Waals surface area contributed by atoms with E-state index in [1.807, 2.05) is 61.5 Å². The van der Waals surface area contributed by atoms with Gasteiger partial charge in [-0.3, -0.25) is 14.9 Å². The van der Waals surface area contributed by atoms with Gasteiger partial charge in [0.05, 0.1) is 11.5 Å². The minimum atomic E-state index is -0.453. The highest BCUT2D eigenvalue weighted by Crippen LogP contribution is 2.22. The minimum Gasteiger partial charge on any atom is -0.494 e. The van der Waals surface area contributed by atoms with Gasteiger partial charge in [0.25, 0.3) is 11.6 Å². The van der Waals surface area contributed by atoms with Crippen LogP contribution in [0, 0.1) is 10.1 Å². The molecule has 30 heavy (non-hydrogen) atoms. The third-order valence-electron chi connectivity index (χ3n) is 4.38. The van der Waals surface area contributed by atoms with Crippen LogP contribution in [0.5, 0.6) is 5.75 Å². The molecule has 0 unspecified atom stereocenters. The lowest BCUT2D eigenvalue weighted by Gasteiger charge is -2.11. The molecule has 6 nitrogen and oxygen atoms in total. The summed E-state index contributed by atoms with van der Waals surface area (Å²) in [6, 6.07) is 23.0. The second-order valence-corrected chi connectivity index (χ2v) is 6.54. The Morgan fingerprint density at radius 1 is 1.03 bits per heavy atom. The van der Waals surface area contributed by atoms with Gasteiger partial charge in [-0.1, -0.05) is 54.6 Å². The highest BCUT2D eigenvalue weighted by molar-refractivity contribution is 6.24. The number of hydrogen-bond acceptors (Lipinski definition) is 4. The van der Waals surface area contributed by atoms with Gasteiger partial charge in [0, 0.05) is 24.3 Å². The third kappa shape index (κ3) is 5.54. The Morgan fingerprint density at radius 3 is 2.53 bits per heavy atom. The van der Waals surface area contributed by atoms with Crippen molar-refractivity contribution in [3.05, 3.63) is 106 Å². The van der Waals surface area contributed by atoms with Gasteiger partial charge in [0.15, 0.2) is 0 Å². The maximum absolute atomic E-state index is 13.0. The topological polar surface area (TPSA) is 81.5 Å². The van der Waals surface area contributed by atoms with Crippen LogP contribution in [0.25, 0.3) is 11.6 Å². The van der Waals surface area contributed by atoms with Gasteiger partial charge in [-0.15, -0.1) is 0 Å². The fourth-order valence-corrected chi connectivity index (χ4v) is 2.98. The highest BCUT2D eigenvalue weighted by atomic mass is 16.6. The number of benzene rings is 3. The lowest BCUT2D eigenvalue weighted by atomic mass is 10.0. The average Bonchev–Trinajstić information content (AvgIpc) is 2.77. The Kier molecular flexibility index (Phi) is 6.95. The molecule has 152 valence electrons. The number of ether oxygens (including phenoxy) is 1. The van der Waals surface area contributed by atoms with Crippen LogP contribution in [0.4, 0.5) is 5.69 Å². The summed E-state index contributed by atoms with van der Waals surface area (Å²) in [5, 5.41) is 14.0. The quantitative estimate of drug-likeness (QED) is 0.253. The van der Waals surface area contributed by atoms with Crippen molar-refractivity contribution in [2.45, 2.75) is 13.5 Å². The molecule has 0 spiro atoms. The van der Waals surface area contributed by atoms with Crippen LogP contribution in [0.1, 0.15) is 23.6 Å². The van der Waals surface area contributed by atoms with Gasteiger partial charge >= 0.3 is 0 Å². The van der Waals surface area contributed by atoms with Crippen LogP contribution in [0.3, 0.4) is 0 Å². The number of nitrogens with one attached hydrogen (secondary N) is 1. The molecule has 3 aromatic carbocycles. The number of non-ortho nitro benzene ring substituents is 1.